The van der Waals surface area contributed by atoms with E-state index in [1.54, 1.807) is 30.3 Å². The van der Waals surface area contributed by atoms with Crippen molar-refractivity contribution in [1.29, 1.82) is 0 Å². The van der Waals surface area contributed by atoms with Gasteiger partial charge >= 0.3 is 5.97 Å². The Morgan fingerprint density at radius 3 is 2.69 bits per heavy atom. The Labute approximate surface area is 168 Å². The number of carbonyl (C=O) groups excluding carboxylic acids is 2. The maximum Gasteiger partial charge on any atom is 0.328 e. The molecule has 0 radical (unpaired) electrons. The van der Waals surface area contributed by atoms with E-state index in [4.69, 9.17) is 14.2 Å². The van der Waals surface area contributed by atoms with Gasteiger partial charge in [-0.05, 0) is 29.0 Å². The third-order valence-corrected chi connectivity index (χ3v) is 5.18. The van der Waals surface area contributed by atoms with Crippen LogP contribution in [0.1, 0.15) is 15.9 Å². The first-order valence-corrected chi connectivity index (χ1v) is 9.24. The maximum atomic E-state index is 13.8. The SMILES string of the molecule is C=CCOC(=O)C1(c2c(OC)ccc3ccccc23)COc2ccccc2C1=O. The second kappa shape index (κ2) is 7.43. The zero-order valence-corrected chi connectivity index (χ0v) is 16.0. The van der Waals surface area contributed by atoms with Crippen molar-refractivity contribution in [3.8, 4) is 11.5 Å². The highest BCUT2D eigenvalue weighted by Gasteiger charge is 2.55. The van der Waals surface area contributed by atoms with Crippen molar-refractivity contribution in [3.63, 3.8) is 0 Å². The molecular formula is C24H20O5. The third kappa shape index (κ3) is 2.86. The predicted molar refractivity (Wildman–Crippen MR) is 110 cm³/mol. The molecular weight excluding hydrogens is 368 g/mol. The lowest BCUT2D eigenvalue weighted by Gasteiger charge is -2.36. The average molecular weight is 388 g/mol. The highest BCUT2D eigenvalue weighted by molar-refractivity contribution is 6.21. The maximum absolute atomic E-state index is 13.8. The summed E-state index contributed by atoms with van der Waals surface area (Å²) >= 11 is 0. The Balaban J connectivity index is 2.04. The lowest BCUT2D eigenvalue weighted by Crippen LogP contribution is -2.52. The molecule has 5 heteroatoms. The first-order valence-electron chi connectivity index (χ1n) is 9.24. The number of rotatable bonds is 5. The molecule has 146 valence electrons. The van der Waals surface area contributed by atoms with Crippen LogP contribution in [0.5, 0.6) is 11.5 Å². The van der Waals surface area contributed by atoms with E-state index in [0.29, 0.717) is 22.6 Å². The summed E-state index contributed by atoms with van der Waals surface area (Å²) in [7, 11) is 1.51. The van der Waals surface area contributed by atoms with Crippen LogP contribution in [0.25, 0.3) is 10.8 Å². The summed E-state index contributed by atoms with van der Waals surface area (Å²) in [6.07, 6.45) is 1.47. The van der Waals surface area contributed by atoms with Gasteiger partial charge in [-0.1, -0.05) is 55.1 Å². The minimum Gasteiger partial charge on any atom is -0.496 e. The molecule has 29 heavy (non-hydrogen) atoms. The number of benzene rings is 3. The Kier molecular flexibility index (Phi) is 4.80. The summed E-state index contributed by atoms with van der Waals surface area (Å²) in [4.78, 5) is 27.2. The number of hydrogen-bond acceptors (Lipinski definition) is 5. The molecule has 0 saturated heterocycles. The monoisotopic (exact) mass is 388 g/mol. The van der Waals surface area contributed by atoms with E-state index >= 15 is 0 Å². The van der Waals surface area contributed by atoms with Gasteiger partial charge in [0.1, 0.15) is 24.7 Å². The number of carbonyl (C=O) groups is 2. The minimum absolute atomic E-state index is 0.0113. The topological polar surface area (TPSA) is 61.8 Å². The minimum atomic E-state index is -1.69. The first-order chi connectivity index (χ1) is 14.1. The number of Topliss-reactive ketones (excluding diaryl/α,β-unsaturated/α-hetero) is 1. The van der Waals surface area contributed by atoms with Gasteiger partial charge in [-0.15, -0.1) is 0 Å². The highest BCUT2D eigenvalue weighted by Crippen LogP contribution is 2.45. The Morgan fingerprint density at radius 2 is 1.90 bits per heavy atom. The van der Waals surface area contributed by atoms with Gasteiger partial charge in [0.2, 0.25) is 0 Å². The van der Waals surface area contributed by atoms with Gasteiger partial charge in [-0.2, -0.15) is 0 Å². The summed E-state index contributed by atoms with van der Waals surface area (Å²) in [5.41, 5.74) is -0.903. The van der Waals surface area contributed by atoms with Crippen LogP contribution in [0.4, 0.5) is 0 Å². The molecule has 0 bridgehead atoms. The van der Waals surface area contributed by atoms with Gasteiger partial charge in [-0.3, -0.25) is 9.59 Å². The van der Waals surface area contributed by atoms with Gasteiger partial charge in [0, 0.05) is 5.56 Å². The van der Waals surface area contributed by atoms with Crippen LogP contribution in [0.2, 0.25) is 0 Å². The normalized spacial score (nSPS) is 17.9. The number of para-hydroxylation sites is 1. The smallest absolute Gasteiger partial charge is 0.328 e. The number of hydrogen-bond donors (Lipinski definition) is 0. The Morgan fingerprint density at radius 1 is 1.14 bits per heavy atom. The zero-order valence-electron chi connectivity index (χ0n) is 16.0. The van der Waals surface area contributed by atoms with Gasteiger partial charge in [0.15, 0.2) is 11.2 Å². The van der Waals surface area contributed by atoms with Crippen LogP contribution in [-0.4, -0.2) is 32.1 Å². The summed E-state index contributed by atoms with van der Waals surface area (Å²) in [5, 5.41) is 1.62. The molecule has 0 saturated carbocycles. The lowest BCUT2D eigenvalue weighted by atomic mass is 9.71. The highest BCUT2D eigenvalue weighted by atomic mass is 16.5. The molecule has 5 nitrogen and oxygen atoms in total. The van der Waals surface area contributed by atoms with E-state index in [1.807, 2.05) is 30.3 Å². The standard InChI is InChI=1S/C24H20O5/c1-3-14-28-23(26)24(15-29-19-11-7-6-10-18(19)22(24)25)21-17-9-5-4-8-16(17)12-13-20(21)27-2/h3-13H,1,14-15H2,2H3. The molecule has 1 heterocycles. The van der Waals surface area contributed by atoms with Crippen LogP contribution in [0.3, 0.4) is 0 Å². The number of ketones is 1. The average Bonchev–Trinajstić information content (AvgIpc) is 2.77. The molecule has 0 N–H and O–H groups in total. The van der Waals surface area contributed by atoms with E-state index in [1.165, 1.54) is 13.2 Å². The fourth-order valence-corrected chi connectivity index (χ4v) is 3.82. The Bertz CT molecular complexity index is 1120. The van der Waals surface area contributed by atoms with E-state index in [0.717, 1.165) is 10.8 Å². The molecule has 1 aliphatic heterocycles. The van der Waals surface area contributed by atoms with Crippen molar-refractivity contribution >= 4 is 22.5 Å². The van der Waals surface area contributed by atoms with E-state index in [-0.39, 0.29) is 19.0 Å². The summed E-state index contributed by atoms with van der Waals surface area (Å²) in [6, 6.07) is 18.1. The quantitative estimate of drug-likeness (QED) is 0.374. The van der Waals surface area contributed by atoms with E-state index < -0.39 is 11.4 Å². The lowest BCUT2D eigenvalue weighted by molar-refractivity contribution is -0.148. The molecule has 3 aromatic carbocycles. The van der Waals surface area contributed by atoms with Crippen LogP contribution in [0.15, 0.2) is 73.3 Å². The van der Waals surface area contributed by atoms with Crippen molar-refractivity contribution < 1.29 is 23.8 Å². The van der Waals surface area contributed by atoms with Crippen molar-refractivity contribution in [3.05, 3.63) is 84.4 Å². The predicted octanol–water partition coefficient (Wildman–Crippen LogP) is 4.09. The second-order valence-corrected chi connectivity index (χ2v) is 6.77. The Hall–Kier alpha value is -3.60. The van der Waals surface area contributed by atoms with E-state index in [9.17, 15) is 9.59 Å². The zero-order chi connectivity index (χ0) is 20.4. The molecule has 1 unspecified atom stereocenters. The first kappa shape index (κ1) is 18.7. The summed E-state index contributed by atoms with van der Waals surface area (Å²) < 4.78 is 16.9. The van der Waals surface area contributed by atoms with Crippen molar-refractivity contribution in [2.45, 2.75) is 5.41 Å². The molecule has 0 amide bonds. The van der Waals surface area contributed by atoms with Crippen molar-refractivity contribution in [1.82, 2.24) is 0 Å². The van der Waals surface area contributed by atoms with Crippen molar-refractivity contribution in [2.24, 2.45) is 0 Å². The van der Waals surface area contributed by atoms with Gasteiger partial charge < -0.3 is 14.2 Å². The van der Waals surface area contributed by atoms with E-state index in [2.05, 4.69) is 6.58 Å². The van der Waals surface area contributed by atoms with Crippen LogP contribution in [-0.2, 0) is 14.9 Å². The molecule has 0 spiro atoms. The molecule has 1 aliphatic rings. The van der Waals surface area contributed by atoms with Gasteiger partial charge in [0.25, 0.3) is 0 Å². The molecule has 0 fully saturated rings. The number of ether oxygens (including phenoxy) is 3. The van der Waals surface area contributed by atoms with Crippen LogP contribution >= 0.6 is 0 Å². The third-order valence-electron chi connectivity index (χ3n) is 5.18. The van der Waals surface area contributed by atoms with Crippen molar-refractivity contribution in [2.75, 3.05) is 20.3 Å². The molecule has 3 aromatic rings. The van der Waals surface area contributed by atoms with Gasteiger partial charge in [0.05, 0.1) is 12.7 Å². The van der Waals surface area contributed by atoms with Crippen LogP contribution in [0, 0.1) is 0 Å². The molecule has 4 rings (SSSR count). The number of esters is 1. The van der Waals surface area contributed by atoms with Crippen LogP contribution < -0.4 is 9.47 Å². The number of fused-ring (bicyclic) bond motifs is 2. The summed E-state index contributed by atoms with van der Waals surface area (Å²) in [5.74, 6) is -0.186. The number of methoxy groups -OCH3 is 1. The van der Waals surface area contributed by atoms with Gasteiger partial charge in [-0.25, -0.2) is 0 Å². The fourth-order valence-electron chi connectivity index (χ4n) is 3.82. The molecule has 0 aliphatic carbocycles. The fraction of sp³-hybridized carbons (Fsp3) is 0.167. The second-order valence-electron chi connectivity index (χ2n) is 6.77. The summed E-state index contributed by atoms with van der Waals surface area (Å²) in [6.45, 7) is 3.41. The molecule has 0 aromatic heterocycles. The largest absolute Gasteiger partial charge is 0.496 e. The molecule has 1 atom stereocenters.